The van der Waals surface area contributed by atoms with Gasteiger partial charge in [0.05, 0.1) is 5.56 Å². The second-order valence-corrected chi connectivity index (χ2v) is 3.12. The number of halogens is 1. The van der Waals surface area contributed by atoms with Crippen LogP contribution in [0.4, 0.5) is 5.69 Å². The molecule has 1 rings (SSSR count). The zero-order valence-corrected chi connectivity index (χ0v) is 9.86. The molecular weight excluding hydrogens is 230 g/mol. The largest absolute Gasteiger partial charge is 0.478 e. The Morgan fingerprint density at radius 1 is 1.38 bits per heavy atom. The van der Waals surface area contributed by atoms with Gasteiger partial charge >= 0.3 is 5.97 Å². The molecule has 1 aromatic carbocycles. The van der Waals surface area contributed by atoms with E-state index in [9.17, 15) is 4.79 Å². The Morgan fingerprint density at radius 3 is 2.38 bits per heavy atom. The average Bonchev–Trinajstić information content (AvgIpc) is 2.18. The summed E-state index contributed by atoms with van der Waals surface area (Å²) < 4.78 is 0. The van der Waals surface area contributed by atoms with Crippen LogP contribution in [0.5, 0.6) is 0 Å². The predicted octanol–water partition coefficient (Wildman–Crippen LogP) is 1.72. The predicted molar refractivity (Wildman–Crippen MR) is 66.5 cm³/mol. The summed E-state index contributed by atoms with van der Waals surface area (Å²) >= 11 is 0. The van der Waals surface area contributed by atoms with Gasteiger partial charge < -0.3 is 15.4 Å². The van der Waals surface area contributed by atoms with Gasteiger partial charge in [-0.2, -0.15) is 5.10 Å². The number of aromatic carboxylic acids is 1. The molecule has 16 heavy (non-hydrogen) atoms. The summed E-state index contributed by atoms with van der Waals surface area (Å²) in [6, 6.07) is 6.44. The van der Waals surface area contributed by atoms with E-state index in [1.807, 2.05) is 14.1 Å². The fraction of sp³-hybridized carbons (Fsp3) is 0.200. The Kier molecular flexibility index (Phi) is 5.95. The second-order valence-electron chi connectivity index (χ2n) is 3.12. The van der Waals surface area contributed by atoms with Crippen molar-refractivity contribution in [3.63, 3.8) is 0 Å². The SMILES string of the molecule is CN(C)/N=C/Nc1ccc(C(=O)O)cc1.Cl. The normalized spacial score (nSPS) is 9.62. The Balaban J connectivity index is 0.00000225. The lowest BCUT2D eigenvalue weighted by atomic mass is 10.2. The Morgan fingerprint density at radius 2 is 1.94 bits per heavy atom. The van der Waals surface area contributed by atoms with E-state index < -0.39 is 5.97 Å². The Labute approximate surface area is 100 Å². The highest BCUT2D eigenvalue weighted by atomic mass is 35.5. The van der Waals surface area contributed by atoms with Crippen molar-refractivity contribution in [2.45, 2.75) is 0 Å². The molecule has 0 saturated carbocycles. The summed E-state index contributed by atoms with van der Waals surface area (Å²) in [6.45, 7) is 0. The minimum absolute atomic E-state index is 0. The number of carboxylic acids is 1. The summed E-state index contributed by atoms with van der Waals surface area (Å²) in [6.07, 6.45) is 1.54. The number of carboxylic acid groups (broad SMARTS) is 1. The molecule has 0 unspecified atom stereocenters. The van der Waals surface area contributed by atoms with Crippen molar-refractivity contribution in [2.24, 2.45) is 5.10 Å². The molecule has 2 N–H and O–H groups in total. The van der Waals surface area contributed by atoms with Crippen molar-refractivity contribution >= 4 is 30.4 Å². The third-order valence-corrected chi connectivity index (χ3v) is 1.65. The van der Waals surface area contributed by atoms with Gasteiger partial charge in [0.25, 0.3) is 0 Å². The molecule has 0 spiro atoms. The van der Waals surface area contributed by atoms with Gasteiger partial charge in [0.15, 0.2) is 0 Å². The van der Waals surface area contributed by atoms with Gasteiger partial charge in [-0.05, 0) is 24.3 Å². The van der Waals surface area contributed by atoms with Crippen LogP contribution in [0.1, 0.15) is 10.4 Å². The molecule has 6 heteroatoms. The molecule has 0 aliphatic carbocycles. The van der Waals surface area contributed by atoms with E-state index >= 15 is 0 Å². The number of carbonyl (C=O) groups is 1. The number of rotatable bonds is 4. The van der Waals surface area contributed by atoms with Crippen molar-refractivity contribution < 1.29 is 9.90 Å². The van der Waals surface area contributed by atoms with E-state index in [2.05, 4.69) is 10.4 Å². The lowest BCUT2D eigenvalue weighted by molar-refractivity contribution is 0.0697. The zero-order chi connectivity index (χ0) is 11.3. The molecule has 5 nitrogen and oxygen atoms in total. The van der Waals surface area contributed by atoms with Crippen LogP contribution in [0, 0.1) is 0 Å². The quantitative estimate of drug-likeness (QED) is 0.480. The third-order valence-electron chi connectivity index (χ3n) is 1.65. The molecule has 0 atom stereocenters. The zero-order valence-electron chi connectivity index (χ0n) is 9.04. The van der Waals surface area contributed by atoms with Crippen LogP contribution in [-0.2, 0) is 0 Å². The first-order valence-corrected chi connectivity index (χ1v) is 4.39. The van der Waals surface area contributed by atoms with Crippen LogP contribution in [0.15, 0.2) is 29.4 Å². The Hall–Kier alpha value is -1.75. The number of hydrogen-bond acceptors (Lipinski definition) is 3. The summed E-state index contributed by atoms with van der Waals surface area (Å²) in [7, 11) is 3.62. The minimum atomic E-state index is -0.927. The topological polar surface area (TPSA) is 64.9 Å². The fourth-order valence-electron chi connectivity index (χ4n) is 0.928. The van der Waals surface area contributed by atoms with Crippen molar-refractivity contribution in [1.29, 1.82) is 0 Å². The fourth-order valence-corrected chi connectivity index (χ4v) is 0.928. The van der Waals surface area contributed by atoms with Gasteiger partial charge in [-0.15, -0.1) is 12.4 Å². The first-order chi connectivity index (χ1) is 7.09. The van der Waals surface area contributed by atoms with E-state index in [0.717, 1.165) is 5.69 Å². The number of benzene rings is 1. The standard InChI is InChI=1S/C10H13N3O2.ClH/c1-13(2)12-7-11-9-5-3-8(4-6-9)10(14)15;/h3-7H,1-2H3,(H,11,12)(H,14,15);1H. The van der Waals surface area contributed by atoms with Gasteiger partial charge in [0.2, 0.25) is 0 Å². The molecule has 0 aliphatic heterocycles. The van der Waals surface area contributed by atoms with Crippen LogP contribution >= 0.6 is 12.4 Å². The van der Waals surface area contributed by atoms with Crippen molar-refractivity contribution in [3.8, 4) is 0 Å². The highest BCUT2D eigenvalue weighted by Crippen LogP contribution is 2.08. The van der Waals surface area contributed by atoms with Gasteiger partial charge in [-0.3, -0.25) is 0 Å². The Bertz CT molecular complexity index is 363. The highest BCUT2D eigenvalue weighted by molar-refractivity contribution is 5.88. The third kappa shape index (κ3) is 4.65. The minimum Gasteiger partial charge on any atom is -0.478 e. The van der Waals surface area contributed by atoms with Crippen molar-refractivity contribution in [2.75, 3.05) is 19.4 Å². The maximum atomic E-state index is 10.6. The van der Waals surface area contributed by atoms with E-state index in [4.69, 9.17) is 5.11 Å². The first kappa shape index (κ1) is 14.2. The molecule has 0 bridgehead atoms. The monoisotopic (exact) mass is 243 g/mol. The maximum Gasteiger partial charge on any atom is 0.335 e. The van der Waals surface area contributed by atoms with Gasteiger partial charge in [0, 0.05) is 19.8 Å². The molecule has 0 aliphatic rings. The van der Waals surface area contributed by atoms with Gasteiger partial charge in [-0.1, -0.05) is 0 Å². The summed E-state index contributed by atoms with van der Waals surface area (Å²) in [5.74, 6) is -0.927. The molecule has 88 valence electrons. The summed E-state index contributed by atoms with van der Waals surface area (Å²) in [5.41, 5.74) is 1.07. The number of nitrogens with zero attached hydrogens (tertiary/aromatic N) is 2. The molecule has 0 fully saturated rings. The molecule has 1 aromatic rings. The van der Waals surface area contributed by atoms with Gasteiger partial charge in [-0.25, -0.2) is 4.79 Å². The lowest BCUT2D eigenvalue weighted by Gasteiger charge is -2.04. The highest BCUT2D eigenvalue weighted by Gasteiger charge is 2.00. The van der Waals surface area contributed by atoms with Crippen LogP contribution < -0.4 is 5.32 Å². The molecule has 0 heterocycles. The maximum absolute atomic E-state index is 10.6. The number of anilines is 1. The van der Waals surface area contributed by atoms with Gasteiger partial charge in [0.1, 0.15) is 6.34 Å². The second kappa shape index (κ2) is 6.68. The van der Waals surface area contributed by atoms with E-state index in [1.54, 1.807) is 17.1 Å². The molecular formula is C10H14ClN3O2. The van der Waals surface area contributed by atoms with E-state index in [1.165, 1.54) is 18.5 Å². The van der Waals surface area contributed by atoms with Crippen molar-refractivity contribution in [1.82, 2.24) is 5.01 Å². The van der Waals surface area contributed by atoms with E-state index in [-0.39, 0.29) is 18.0 Å². The molecule has 0 saturated heterocycles. The van der Waals surface area contributed by atoms with Crippen molar-refractivity contribution in [3.05, 3.63) is 29.8 Å². The lowest BCUT2D eigenvalue weighted by Crippen LogP contribution is -2.05. The molecule has 0 aromatic heterocycles. The van der Waals surface area contributed by atoms with Crippen LogP contribution in [0.3, 0.4) is 0 Å². The molecule has 0 radical (unpaired) electrons. The van der Waals surface area contributed by atoms with Crippen LogP contribution in [0.2, 0.25) is 0 Å². The van der Waals surface area contributed by atoms with Crippen LogP contribution in [-0.4, -0.2) is 36.5 Å². The smallest absolute Gasteiger partial charge is 0.335 e. The average molecular weight is 244 g/mol. The first-order valence-electron chi connectivity index (χ1n) is 4.39. The molecule has 0 amide bonds. The summed E-state index contributed by atoms with van der Waals surface area (Å²) in [4.78, 5) is 10.6. The number of hydrazone groups is 1. The van der Waals surface area contributed by atoms with Crippen LogP contribution in [0.25, 0.3) is 0 Å². The number of hydrogen-bond donors (Lipinski definition) is 2. The van der Waals surface area contributed by atoms with E-state index in [0.29, 0.717) is 0 Å². The number of nitrogens with one attached hydrogen (secondary N) is 1. The summed E-state index contributed by atoms with van der Waals surface area (Å²) in [5, 5.41) is 17.2.